The summed E-state index contributed by atoms with van der Waals surface area (Å²) in [5.74, 6) is 2.17. The molecule has 3 aromatic rings. The first kappa shape index (κ1) is 20.8. The number of halogens is 2. The molecule has 2 aromatic heterocycles. The van der Waals surface area contributed by atoms with Gasteiger partial charge in [-0.25, -0.2) is 14.4 Å². The first-order valence-electron chi connectivity index (χ1n) is 8.30. The Morgan fingerprint density at radius 1 is 1.04 bits per heavy atom. The van der Waals surface area contributed by atoms with Crippen molar-refractivity contribution in [2.24, 2.45) is 4.99 Å². The molecule has 1 aromatic carbocycles. The molecule has 0 saturated heterocycles. The number of aromatic nitrogens is 3. The van der Waals surface area contributed by atoms with Gasteiger partial charge < -0.3 is 10.6 Å². The molecule has 0 radical (unpaired) electrons. The molecular formula is C19H22FIN6. The quantitative estimate of drug-likeness (QED) is 0.335. The number of benzene rings is 1. The Balaban J connectivity index is 0.00000261. The number of aryl methyl sites for hydroxylation is 1. The van der Waals surface area contributed by atoms with E-state index in [2.05, 4.69) is 25.6 Å². The summed E-state index contributed by atoms with van der Waals surface area (Å²) < 4.78 is 14.9. The van der Waals surface area contributed by atoms with Crippen LogP contribution in [0.3, 0.4) is 0 Å². The molecule has 0 aliphatic heterocycles. The van der Waals surface area contributed by atoms with E-state index in [4.69, 9.17) is 0 Å². The monoisotopic (exact) mass is 480 g/mol. The summed E-state index contributed by atoms with van der Waals surface area (Å²) in [4.78, 5) is 12.9. The molecule has 0 saturated carbocycles. The van der Waals surface area contributed by atoms with E-state index in [1.807, 2.05) is 36.0 Å². The smallest absolute Gasteiger partial charge is 0.191 e. The highest BCUT2D eigenvalue weighted by Gasteiger charge is 2.03. The second-order valence-electron chi connectivity index (χ2n) is 5.77. The van der Waals surface area contributed by atoms with Gasteiger partial charge in [-0.1, -0.05) is 18.2 Å². The van der Waals surface area contributed by atoms with Crippen molar-refractivity contribution in [3.63, 3.8) is 0 Å². The molecule has 0 bridgehead atoms. The molecule has 0 spiro atoms. The van der Waals surface area contributed by atoms with Crippen LogP contribution in [-0.4, -0.2) is 27.5 Å². The number of nitrogens with one attached hydrogen (secondary N) is 2. The maximum atomic E-state index is 12.9. The molecule has 0 atom stereocenters. The fraction of sp³-hybridized carbons (Fsp3) is 0.211. The van der Waals surface area contributed by atoms with Gasteiger partial charge in [-0.2, -0.15) is 0 Å². The Hall–Kier alpha value is -2.49. The lowest BCUT2D eigenvalue weighted by Crippen LogP contribution is -2.36. The summed E-state index contributed by atoms with van der Waals surface area (Å²) in [6.45, 7) is 3.10. The molecule has 0 aliphatic carbocycles. The first-order chi connectivity index (χ1) is 12.7. The number of guanidine groups is 1. The van der Waals surface area contributed by atoms with Gasteiger partial charge in [0.15, 0.2) is 5.96 Å². The van der Waals surface area contributed by atoms with Crippen LogP contribution in [-0.2, 0) is 13.1 Å². The van der Waals surface area contributed by atoms with Gasteiger partial charge in [0, 0.05) is 38.7 Å². The molecule has 0 amide bonds. The lowest BCUT2D eigenvalue weighted by molar-refractivity contribution is 0.626. The summed E-state index contributed by atoms with van der Waals surface area (Å²) in [6, 6.07) is 10.4. The van der Waals surface area contributed by atoms with Crippen molar-refractivity contribution in [1.82, 2.24) is 25.2 Å². The summed E-state index contributed by atoms with van der Waals surface area (Å²) in [5.41, 5.74) is 2.02. The number of hydrogen-bond donors (Lipinski definition) is 2. The van der Waals surface area contributed by atoms with Gasteiger partial charge in [0.05, 0.1) is 0 Å². The minimum absolute atomic E-state index is 0. The third kappa shape index (κ3) is 5.75. The van der Waals surface area contributed by atoms with Crippen LogP contribution in [0.2, 0.25) is 0 Å². The van der Waals surface area contributed by atoms with Crippen molar-refractivity contribution in [3.8, 4) is 5.82 Å². The summed E-state index contributed by atoms with van der Waals surface area (Å²) >= 11 is 0. The molecule has 0 unspecified atom stereocenters. The van der Waals surface area contributed by atoms with Crippen LogP contribution in [0.25, 0.3) is 5.82 Å². The van der Waals surface area contributed by atoms with Crippen LogP contribution in [0, 0.1) is 12.7 Å². The van der Waals surface area contributed by atoms with Gasteiger partial charge in [0.2, 0.25) is 0 Å². The molecule has 2 heterocycles. The average molecular weight is 480 g/mol. The third-order valence-corrected chi connectivity index (χ3v) is 3.94. The van der Waals surface area contributed by atoms with Crippen LogP contribution in [0.5, 0.6) is 0 Å². The summed E-state index contributed by atoms with van der Waals surface area (Å²) in [6.07, 6.45) is 5.47. The molecule has 6 nitrogen and oxygen atoms in total. The maximum Gasteiger partial charge on any atom is 0.191 e. The molecule has 0 aliphatic rings. The highest BCUT2D eigenvalue weighted by atomic mass is 127. The first-order valence-corrected chi connectivity index (χ1v) is 8.30. The van der Waals surface area contributed by atoms with Crippen LogP contribution in [0.4, 0.5) is 4.39 Å². The Labute approximate surface area is 175 Å². The molecule has 3 rings (SSSR count). The molecular weight excluding hydrogens is 458 g/mol. The van der Waals surface area contributed by atoms with Gasteiger partial charge in [0.1, 0.15) is 17.5 Å². The van der Waals surface area contributed by atoms with E-state index in [0.29, 0.717) is 19.0 Å². The van der Waals surface area contributed by atoms with Gasteiger partial charge in [-0.15, -0.1) is 24.0 Å². The van der Waals surface area contributed by atoms with Crippen molar-refractivity contribution in [2.45, 2.75) is 20.0 Å². The Kier molecular flexibility index (Phi) is 7.71. The lowest BCUT2D eigenvalue weighted by atomic mass is 10.2. The molecule has 2 N–H and O–H groups in total. The molecule has 0 fully saturated rings. The Morgan fingerprint density at radius 2 is 1.70 bits per heavy atom. The van der Waals surface area contributed by atoms with Gasteiger partial charge in [0.25, 0.3) is 0 Å². The normalized spacial score (nSPS) is 11.0. The fourth-order valence-electron chi connectivity index (χ4n) is 2.48. The largest absolute Gasteiger partial charge is 0.352 e. The Morgan fingerprint density at radius 3 is 2.26 bits per heavy atom. The number of nitrogens with zero attached hydrogens (tertiary/aromatic N) is 4. The van der Waals surface area contributed by atoms with Gasteiger partial charge in [-0.05, 0) is 36.2 Å². The standard InChI is InChI=1S/C19H21FN6.HI/c1-14-22-9-10-26(14)18-8-5-16(12-23-18)13-25-19(21-2)24-11-15-3-6-17(20)7-4-15;/h3-10,12H,11,13H2,1-2H3,(H2,21,24,25);1H. The predicted octanol–water partition coefficient (Wildman–Crippen LogP) is 3.20. The van der Waals surface area contributed by atoms with E-state index in [0.717, 1.165) is 22.8 Å². The van der Waals surface area contributed by atoms with Crippen LogP contribution in [0.15, 0.2) is 60.0 Å². The van der Waals surface area contributed by atoms with Gasteiger partial charge >= 0.3 is 0 Å². The minimum Gasteiger partial charge on any atom is -0.352 e. The third-order valence-electron chi connectivity index (χ3n) is 3.94. The average Bonchev–Trinajstić information content (AvgIpc) is 3.10. The maximum absolute atomic E-state index is 12.9. The van der Waals surface area contributed by atoms with Crippen molar-refractivity contribution >= 4 is 29.9 Å². The summed E-state index contributed by atoms with van der Waals surface area (Å²) in [5, 5.41) is 6.44. The minimum atomic E-state index is -0.238. The second-order valence-corrected chi connectivity index (χ2v) is 5.77. The zero-order chi connectivity index (χ0) is 18.4. The van der Waals surface area contributed by atoms with E-state index in [-0.39, 0.29) is 29.8 Å². The number of rotatable bonds is 5. The molecule has 27 heavy (non-hydrogen) atoms. The van der Waals surface area contributed by atoms with E-state index in [9.17, 15) is 4.39 Å². The van der Waals surface area contributed by atoms with Crippen molar-refractivity contribution in [2.75, 3.05) is 7.05 Å². The SMILES string of the molecule is CN=C(NCc1ccc(F)cc1)NCc1ccc(-n2ccnc2C)nc1.I. The number of hydrogen-bond acceptors (Lipinski definition) is 3. The summed E-state index contributed by atoms with van der Waals surface area (Å²) in [7, 11) is 1.71. The second kappa shape index (κ2) is 10.0. The molecule has 8 heteroatoms. The Bertz CT molecular complexity index is 874. The van der Waals surface area contributed by atoms with E-state index < -0.39 is 0 Å². The zero-order valence-electron chi connectivity index (χ0n) is 15.2. The lowest BCUT2D eigenvalue weighted by Gasteiger charge is -2.12. The van der Waals surface area contributed by atoms with Gasteiger partial charge in [-0.3, -0.25) is 9.56 Å². The van der Waals surface area contributed by atoms with Crippen molar-refractivity contribution in [3.05, 3.63) is 77.8 Å². The topological polar surface area (TPSA) is 67.1 Å². The van der Waals surface area contributed by atoms with E-state index in [1.165, 1.54) is 12.1 Å². The number of imidazole rings is 1. The van der Waals surface area contributed by atoms with Crippen molar-refractivity contribution < 1.29 is 4.39 Å². The predicted molar refractivity (Wildman–Crippen MR) is 115 cm³/mol. The number of pyridine rings is 1. The fourth-order valence-corrected chi connectivity index (χ4v) is 2.48. The highest BCUT2D eigenvalue weighted by molar-refractivity contribution is 14.0. The highest BCUT2D eigenvalue weighted by Crippen LogP contribution is 2.08. The van der Waals surface area contributed by atoms with Crippen LogP contribution >= 0.6 is 24.0 Å². The van der Waals surface area contributed by atoms with E-state index >= 15 is 0 Å². The van der Waals surface area contributed by atoms with E-state index in [1.54, 1.807) is 25.4 Å². The van der Waals surface area contributed by atoms with Crippen LogP contribution in [0.1, 0.15) is 17.0 Å². The molecule has 142 valence electrons. The zero-order valence-corrected chi connectivity index (χ0v) is 17.5. The van der Waals surface area contributed by atoms with Crippen LogP contribution < -0.4 is 10.6 Å². The number of aliphatic imine (C=N–C) groups is 1. The van der Waals surface area contributed by atoms with Crippen molar-refractivity contribution in [1.29, 1.82) is 0 Å².